The van der Waals surface area contributed by atoms with E-state index in [0.29, 0.717) is 0 Å². The summed E-state index contributed by atoms with van der Waals surface area (Å²) < 4.78 is 31.0. The molecule has 0 aliphatic rings. The summed E-state index contributed by atoms with van der Waals surface area (Å²) in [6, 6.07) is 1.84. The predicted molar refractivity (Wildman–Crippen MR) is 56.5 cm³/mol. The van der Waals surface area contributed by atoms with Crippen molar-refractivity contribution in [2.75, 3.05) is 6.61 Å². The number of carbonyl (C=O) groups excluding carboxylic acids is 1. The summed E-state index contributed by atoms with van der Waals surface area (Å²) in [7, 11) is 0. The molecule has 0 aliphatic heterocycles. The van der Waals surface area contributed by atoms with E-state index in [-0.39, 0.29) is 12.2 Å². The van der Waals surface area contributed by atoms with Crippen LogP contribution in [-0.4, -0.2) is 23.9 Å². The Bertz CT molecular complexity index is 412. The van der Waals surface area contributed by atoms with Gasteiger partial charge in [0.1, 0.15) is 0 Å². The van der Waals surface area contributed by atoms with Crippen LogP contribution in [0.3, 0.4) is 0 Å². The molecule has 1 aromatic carbocycles. The lowest BCUT2D eigenvalue weighted by Gasteiger charge is -2.16. The van der Waals surface area contributed by atoms with Crippen molar-refractivity contribution in [2.45, 2.75) is 19.1 Å². The first-order valence-electron chi connectivity index (χ1n) is 5.02. The van der Waals surface area contributed by atoms with Gasteiger partial charge in [0.05, 0.1) is 12.6 Å². The van der Waals surface area contributed by atoms with Gasteiger partial charge >= 0.3 is 5.97 Å². The Morgan fingerprint density at radius 1 is 1.59 bits per heavy atom. The Kier molecular flexibility index (Phi) is 4.39. The minimum atomic E-state index is -2.07. The quantitative estimate of drug-likeness (QED) is 0.787. The van der Waals surface area contributed by atoms with Crippen LogP contribution in [0.4, 0.5) is 8.78 Å². The Hall–Kier alpha value is -1.69. The molecule has 0 spiro atoms. The zero-order chi connectivity index (χ0) is 13.0. The molecule has 3 N–H and O–H groups in total. The summed E-state index contributed by atoms with van der Waals surface area (Å²) in [5.74, 6) is -2.57. The highest BCUT2D eigenvalue weighted by molar-refractivity contribution is 5.75. The number of halogens is 2. The number of phenolic OH excluding ortho intramolecular Hbond substituents is 1. The summed E-state index contributed by atoms with van der Waals surface area (Å²) in [4.78, 5) is 11.1. The molecule has 4 nitrogen and oxygen atoms in total. The van der Waals surface area contributed by atoms with Gasteiger partial charge < -0.3 is 15.6 Å². The zero-order valence-corrected chi connectivity index (χ0v) is 9.19. The van der Waals surface area contributed by atoms with E-state index in [0.717, 1.165) is 12.1 Å². The highest BCUT2D eigenvalue weighted by atomic mass is 19.1. The molecule has 6 heteroatoms. The van der Waals surface area contributed by atoms with E-state index in [9.17, 15) is 13.6 Å². The fourth-order valence-corrected chi connectivity index (χ4v) is 1.27. The van der Waals surface area contributed by atoms with Crippen molar-refractivity contribution >= 4 is 5.97 Å². The van der Waals surface area contributed by atoms with Crippen LogP contribution < -0.4 is 5.73 Å². The maximum Gasteiger partial charge on any atom is 0.342 e. The molecule has 0 saturated heterocycles. The molecule has 94 valence electrons. The molecule has 0 amide bonds. The van der Waals surface area contributed by atoms with Gasteiger partial charge in [-0.3, -0.25) is 0 Å². The van der Waals surface area contributed by atoms with E-state index < -0.39 is 29.7 Å². The monoisotopic (exact) mass is 245 g/mol. The largest absolute Gasteiger partial charge is 0.505 e. The van der Waals surface area contributed by atoms with Crippen molar-refractivity contribution in [2.24, 2.45) is 5.73 Å². The molecule has 0 aliphatic carbocycles. The summed E-state index contributed by atoms with van der Waals surface area (Å²) in [6.07, 6.45) is -2.07. The lowest BCUT2D eigenvalue weighted by Crippen LogP contribution is -2.31. The average molecular weight is 245 g/mol. The number of alkyl halides is 1. The van der Waals surface area contributed by atoms with Gasteiger partial charge in [0.25, 0.3) is 0 Å². The van der Waals surface area contributed by atoms with Crippen LogP contribution in [0.2, 0.25) is 0 Å². The van der Waals surface area contributed by atoms with Crippen molar-refractivity contribution in [3.63, 3.8) is 0 Å². The number of ether oxygens (including phenoxy) is 1. The van der Waals surface area contributed by atoms with Gasteiger partial charge in [0, 0.05) is 0 Å². The van der Waals surface area contributed by atoms with Crippen LogP contribution >= 0.6 is 0 Å². The molecule has 0 bridgehead atoms. The van der Waals surface area contributed by atoms with Crippen LogP contribution in [0.15, 0.2) is 18.2 Å². The fraction of sp³-hybridized carbons (Fsp3) is 0.364. The molecule has 0 heterocycles. The standard InChI is InChI=1S/C11H13F2NO3/c1-2-17-11(16)9(13)10(14)6-3-4-8(15)7(12)5-6/h3-5,9-10,15H,2,14H2,1H3/t9?,10-/m1/s1. The lowest BCUT2D eigenvalue weighted by molar-refractivity contribution is -0.149. The highest BCUT2D eigenvalue weighted by Gasteiger charge is 2.28. The Morgan fingerprint density at radius 2 is 2.24 bits per heavy atom. The Labute approximate surface area is 97.0 Å². The van der Waals surface area contributed by atoms with Gasteiger partial charge in [-0.25, -0.2) is 13.6 Å². The number of esters is 1. The van der Waals surface area contributed by atoms with Crippen molar-refractivity contribution in [3.05, 3.63) is 29.6 Å². The Balaban J connectivity index is 2.84. The lowest BCUT2D eigenvalue weighted by atomic mass is 10.0. The molecule has 17 heavy (non-hydrogen) atoms. The topological polar surface area (TPSA) is 72.5 Å². The maximum atomic E-state index is 13.5. The number of hydrogen-bond donors (Lipinski definition) is 2. The van der Waals surface area contributed by atoms with E-state index in [4.69, 9.17) is 10.8 Å². The van der Waals surface area contributed by atoms with Crippen molar-refractivity contribution < 1.29 is 23.4 Å². The zero-order valence-electron chi connectivity index (χ0n) is 9.19. The molecule has 1 rings (SSSR count). The fourth-order valence-electron chi connectivity index (χ4n) is 1.27. The van der Waals surface area contributed by atoms with E-state index in [1.807, 2.05) is 0 Å². The second kappa shape index (κ2) is 5.58. The molecule has 1 unspecified atom stereocenters. The molecule has 0 saturated carbocycles. The summed E-state index contributed by atoms with van der Waals surface area (Å²) in [6.45, 7) is 1.58. The third kappa shape index (κ3) is 3.13. The van der Waals surface area contributed by atoms with Gasteiger partial charge in [-0.1, -0.05) is 6.07 Å². The van der Waals surface area contributed by atoms with E-state index in [1.165, 1.54) is 13.0 Å². The van der Waals surface area contributed by atoms with Crippen LogP contribution in [-0.2, 0) is 9.53 Å². The molecule has 1 aromatic rings. The summed E-state index contributed by atoms with van der Waals surface area (Å²) in [5, 5.41) is 8.96. The number of nitrogens with two attached hydrogens (primary N) is 1. The molecular formula is C11H13F2NO3. The minimum Gasteiger partial charge on any atom is -0.505 e. The van der Waals surface area contributed by atoms with Gasteiger partial charge in [-0.15, -0.1) is 0 Å². The van der Waals surface area contributed by atoms with Gasteiger partial charge in [0.2, 0.25) is 6.17 Å². The van der Waals surface area contributed by atoms with Gasteiger partial charge in [-0.2, -0.15) is 0 Å². The second-order valence-electron chi connectivity index (χ2n) is 3.39. The number of phenols is 1. The Morgan fingerprint density at radius 3 is 2.76 bits per heavy atom. The first-order chi connectivity index (χ1) is 7.97. The summed E-state index contributed by atoms with van der Waals surface area (Å²) >= 11 is 0. The van der Waals surface area contributed by atoms with E-state index in [2.05, 4.69) is 4.74 Å². The van der Waals surface area contributed by atoms with Crippen LogP contribution in [0, 0.1) is 5.82 Å². The van der Waals surface area contributed by atoms with Crippen molar-refractivity contribution in [1.29, 1.82) is 0 Å². The maximum absolute atomic E-state index is 13.5. The van der Waals surface area contributed by atoms with E-state index in [1.54, 1.807) is 0 Å². The number of aromatic hydroxyl groups is 1. The molecule has 0 radical (unpaired) electrons. The smallest absolute Gasteiger partial charge is 0.342 e. The van der Waals surface area contributed by atoms with Gasteiger partial charge in [-0.05, 0) is 24.6 Å². The van der Waals surface area contributed by atoms with Crippen LogP contribution in [0.5, 0.6) is 5.75 Å². The predicted octanol–water partition coefficient (Wildman–Crippen LogP) is 1.43. The first kappa shape index (κ1) is 13.4. The first-order valence-corrected chi connectivity index (χ1v) is 5.02. The number of carbonyl (C=O) groups is 1. The van der Waals surface area contributed by atoms with Crippen molar-refractivity contribution in [3.8, 4) is 5.75 Å². The molecule has 0 aromatic heterocycles. The van der Waals surface area contributed by atoms with Crippen molar-refractivity contribution in [1.82, 2.24) is 0 Å². The number of rotatable bonds is 4. The molecular weight excluding hydrogens is 232 g/mol. The number of benzene rings is 1. The number of hydrogen-bond acceptors (Lipinski definition) is 4. The molecule has 2 atom stereocenters. The van der Waals surface area contributed by atoms with Crippen LogP contribution in [0.1, 0.15) is 18.5 Å². The van der Waals surface area contributed by atoms with E-state index >= 15 is 0 Å². The highest BCUT2D eigenvalue weighted by Crippen LogP contribution is 2.23. The normalized spacial score (nSPS) is 14.1. The van der Waals surface area contributed by atoms with Gasteiger partial charge in [0.15, 0.2) is 11.6 Å². The molecule has 0 fully saturated rings. The average Bonchev–Trinajstić information content (AvgIpc) is 2.31. The summed E-state index contributed by atoms with van der Waals surface area (Å²) in [5.41, 5.74) is 5.53. The SMILES string of the molecule is CCOC(=O)C(F)[C@H](N)c1ccc(O)c(F)c1. The third-order valence-corrected chi connectivity index (χ3v) is 2.18. The minimum absolute atomic E-state index is 0.0376. The third-order valence-electron chi connectivity index (χ3n) is 2.18. The van der Waals surface area contributed by atoms with Crippen LogP contribution in [0.25, 0.3) is 0 Å². The second-order valence-corrected chi connectivity index (χ2v) is 3.39.